The number of aromatic nitrogens is 2. The number of nitrogens with two attached hydrogens (primary N) is 1. The molecule has 0 aliphatic heterocycles. The van der Waals surface area contributed by atoms with Crippen molar-refractivity contribution in [1.82, 2.24) is 9.78 Å². The molecule has 1 heterocycles. The van der Waals surface area contributed by atoms with Crippen molar-refractivity contribution in [2.45, 2.75) is 37.8 Å². The molecule has 0 amide bonds. The number of para-hydroxylation sites is 1. The normalized spacial score (nSPS) is 26.0. The topological polar surface area (TPSA) is 70.1 Å². The van der Waals surface area contributed by atoms with Crippen molar-refractivity contribution in [2.24, 2.45) is 5.73 Å². The third-order valence-corrected chi connectivity index (χ3v) is 4.06. The van der Waals surface area contributed by atoms with Crippen LogP contribution >= 0.6 is 0 Å². The Hall–Kier alpha value is -1.88. The summed E-state index contributed by atoms with van der Waals surface area (Å²) in [5.41, 5.74) is 6.43. The van der Waals surface area contributed by atoms with Crippen LogP contribution in [0, 0.1) is 0 Å². The van der Waals surface area contributed by atoms with Crippen LogP contribution in [0.1, 0.15) is 32.2 Å². The first-order valence-corrected chi connectivity index (χ1v) is 7.02. The molecule has 106 valence electrons. The molecule has 2 aromatic rings. The molecule has 3 rings (SSSR count). The predicted molar refractivity (Wildman–Crippen MR) is 76.2 cm³/mol. The Kier molecular flexibility index (Phi) is 3.22. The van der Waals surface area contributed by atoms with E-state index in [0.29, 0.717) is 19.4 Å². The number of fused-ring (bicyclic) bond motifs is 1. The zero-order chi connectivity index (χ0) is 14.2. The number of ether oxygens (including phenoxy) is 1. The van der Waals surface area contributed by atoms with Gasteiger partial charge in [-0.05, 0) is 32.3 Å². The van der Waals surface area contributed by atoms with E-state index in [2.05, 4.69) is 5.10 Å². The Bertz CT molecular complexity index is 637. The summed E-state index contributed by atoms with van der Waals surface area (Å²) >= 11 is 0. The van der Waals surface area contributed by atoms with Crippen LogP contribution in [-0.4, -0.2) is 27.9 Å². The number of carbonyl (C=O) groups excluding carboxylic acids is 1. The fraction of sp³-hybridized carbons (Fsp3) is 0.467. The lowest BCUT2D eigenvalue weighted by molar-refractivity contribution is -0.149. The molecule has 2 unspecified atom stereocenters. The first-order chi connectivity index (χ1) is 9.64. The zero-order valence-electron chi connectivity index (χ0n) is 11.6. The molecule has 5 nitrogen and oxygen atoms in total. The van der Waals surface area contributed by atoms with Gasteiger partial charge in [-0.2, -0.15) is 5.10 Å². The van der Waals surface area contributed by atoms with Crippen LogP contribution in [0.5, 0.6) is 0 Å². The van der Waals surface area contributed by atoms with Crippen molar-refractivity contribution in [3.05, 3.63) is 30.5 Å². The molecular weight excluding hydrogens is 254 g/mol. The number of benzene rings is 1. The molecule has 20 heavy (non-hydrogen) atoms. The van der Waals surface area contributed by atoms with Gasteiger partial charge in [-0.3, -0.25) is 9.48 Å². The average Bonchev–Trinajstić information content (AvgIpc) is 3.03. The van der Waals surface area contributed by atoms with Crippen molar-refractivity contribution in [3.63, 3.8) is 0 Å². The molecule has 1 saturated carbocycles. The highest BCUT2D eigenvalue weighted by molar-refractivity contribution is 5.81. The lowest BCUT2D eigenvalue weighted by Gasteiger charge is -2.21. The van der Waals surface area contributed by atoms with E-state index in [0.717, 1.165) is 17.3 Å². The molecule has 1 aromatic heterocycles. The van der Waals surface area contributed by atoms with Gasteiger partial charge in [-0.25, -0.2) is 0 Å². The van der Waals surface area contributed by atoms with E-state index in [9.17, 15) is 4.79 Å². The van der Waals surface area contributed by atoms with E-state index in [1.54, 1.807) is 6.92 Å². The zero-order valence-corrected chi connectivity index (χ0v) is 11.6. The van der Waals surface area contributed by atoms with E-state index in [-0.39, 0.29) is 12.0 Å². The highest BCUT2D eigenvalue weighted by Gasteiger charge is 2.44. The number of esters is 1. The molecule has 1 aliphatic rings. The van der Waals surface area contributed by atoms with E-state index in [4.69, 9.17) is 10.5 Å². The molecular formula is C15H19N3O2. The molecule has 0 radical (unpaired) electrons. The Morgan fingerprint density at radius 1 is 1.55 bits per heavy atom. The van der Waals surface area contributed by atoms with E-state index >= 15 is 0 Å². The van der Waals surface area contributed by atoms with Gasteiger partial charge >= 0.3 is 5.97 Å². The highest BCUT2D eigenvalue weighted by atomic mass is 16.5. The van der Waals surface area contributed by atoms with Crippen molar-refractivity contribution >= 4 is 16.9 Å². The van der Waals surface area contributed by atoms with Crippen molar-refractivity contribution in [3.8, 4) is 0 Å². The second-order valence-corrected chi connectivity index (χ2v) is 5.42. The summed E-state index contributed by atoms with van der Waals surface area (Å²) in [6.07, 6.45) is 3.93. The van der Waals surface area contributed by atoms with Crippen molar-refractivity contribution in [1.29, 1.82) is 0 Å². The van der Waals surface area contributed by atoms with E-state index in [1.165, 1.54) is 0 Å². The van der Waals surface area contributed by atoms with E-state index < -0.39 is 5.54 Å². The van der Waals surface area contributed by atoms with Gasteiger partial charge in [0.2, 0.25) is 0 Å². The quantitative estimate of drug-likeness (QED) is 0.869. The molecule has 1 aliphatic carbocycles. The molecule has 5 heteroatoms. The van der Waals surface area contributed by atoms with E-state index in [1.807, 2.05) is 35.1 Å². The summed E-state index contributed by atoms with van der Waals surface area (Å²) in [5.74, 6) is -0.293. The first-order valence-electron chi connectivity index (χ1n) is 7.02. The lowest BCUT2D eigenvalue weighted by Crippen LogP contribution is -2.46. The SMILES string of the molecule is CCOC(=O)C1(N)CCC(n2ncc3ccccc32)C1. The molecule has 1 fully saturated rings. The maximum absolute atomic E-state index is 12.0. The third kappa shape index (κ3) is 2.08. The largest absolute Gasteiger partial charge is 0.465 e. The van der Waals surface area contributed by atoms with Crippen LogP contribution in [-0.2, 0) is 9.53 Å². The molecule has 2 atom stereocenters. The Morgan fingerprint density at radius 2 is 2.35 bits per heavy atom. The summed E-state index contributed by atoms with van der Waals surface area (Å²) in [4.78, 5) is 12.0. The van der Waals surface area contributed by atoms with Gasteiger partial charge in [-0.1, -0.05) is 18.2 Å². The minimum Gasteiger partial charge on any atom is -0.465 e. The number of hydrogen-bond acceptors (Lipinski definition) is 4. The predicted octanol–water partition coefficient (Wildman–Crippen LogP) is 2.02. The Balaban J connectivity index is 1.85. The highest BCUT2D eigenvalue weighted by Crippen LogP contribution is 2.38. The number of nitrogens with zero attached hydrogens (tertiary/aromatic N) is 2. The standard InChI is InChI=1S/C15H19N3O2/c1-2-20-14(19)15(16)8-7-12(9-15)18-13-6-4-3-5-11(13)10-17-18/h3-6,10,12H,2,7-9,16H2,1H3. The fourth-order valence-electron chi connectivity index (χ4n) is 3.00. The Morgan fingerprint density at radius 3 is 3.15 bits per heavy atom. The first kappa shape index (κ1) is 13.1. The average molecular weight is 273 g/mol. The van der Waals surface area contributed by atoms with Crippen LogP contribution < -0.4 is 5.73 Å². The maximum atomic E-state index is 12.0. The minimum atomic E-state index is -0.867. The van der Waals surface area contributed by atoms with Gasteiger partial charge < -0.3 is 10.5 Å². The van der Waals surface area contributed by atoms with Crippen LogP contribution in [0.3, 0.4) is 0 Å². The number of rotatable bonds is 3. The molecule has 0 saturated heterocycles. The molecule has 2 N–H and O–H groups in total. The summed E-state index contributed by atoms with van der Waals surface area (Å²) in [6, 6.07) is 8.23. The maximum Gasteiger partial charge on any atom is 0.326 e. The fourth-order valence-corrected chi connectivity index (χ4v) is 3.00. The van der Waals surface area contributed by atoms with Crippen LogP contribution in [0.2, 0.25) is 0 Å². The summed E-state index contributed by atoms with van der Waals surface area (Å²) in [7, 11) is 0. The van der Waals surface area contributed by atoms with Gasteiger partial charge in [0.15, 0.2) is 0 Å². The van der Waals surface area contributed by atoms with Gasteiger partial charge in [0.25, 0.3) is 0 Å². The summed E-state index contributed by atoms with van der Waals surface area (Å²) in [6.45, 7) is 2.17. The van der Waals surface area contributed by atoms with Crippen LogP contribution in [0.15, 0.2) is 30.5 Å². The second-order valence-electron chi connectivity index (χ2n) is 5.42. The smallest absolute Gasteiger partial charge is 0.326 e. The van der Waals surface area contributed by atoms with Crippen LogP contribution in [0.4, 0.5) is 0 Å². The molecule has 1 aromatic carbocycles. The monoisotopic (exact) mass is 273 g/mol. The Labute approximate surface area is 117 Å². The molecule has 0 bridgehead atoms. The lowest BCUT2D eigenvalue weighted by atomic mass is 9.99. The number of hydrogen-bond donors (Lipinski definition) is 1. The van der Waals surface area contributed by atoms with Crippen LogP contribution in [0.25, 0.3) is 10.9 Å². The third-order valence-electron chi connectivity index (χ3n) is 4.06. The minimum absolute atomic E-state index is 0.157. The van der Waals surface area contributed by atoms with Gasteiger partial charge in [0.05, 0.1) is 24.4 Å². The second kappa shape index (κ2) is 4.90. The summed E-state index contributed by atoms with van der Waals surface area (Å²) in [5, 5.41) is 5.57. The van der Waals surface area contributed by atoms with Crippen molar-refractivity contribution in [2.75, 3.05) is 6.61 Å². The van der Waals surface area contributed by atoms with Gasteiger partial charge in [0, 0.05) is 5.39 Å². The summed E-state index contributed by atoms with van der Waals surface area (Å²) < 4.78 is 7.08. The number of carbonyl (C=O) groups is 1. The van der Waals surface area contributed by atoms with Gasteiger partial charge in [0.1, 0.15) is 5.54 Å². The molecule has 0 spiro atoms. The van der Waals surface area contributed by atoms with Crippen molar-refractivity contribution < 1.29 is 9.53 Å². The van der Waals surface area contributed by atoms with Gasteiger partial charge in [-0.15, -0.1) is 0 Å².